The zero-order chi connectivity index (χ0) is 22.3. The smallest absolute Gasteiger partial charge is 0.295 e. The van der Waals surface area contributed by atoms with Crippen molar-refractivity contribution in [2.24, 2.45) is 0 Å². The van der Waals surface area contributed by atoms with Crippen molar-refractivity contribution in [3.8, 4) is 5.69 Å². The Morgan fingerprint density at radius 2 is 1.74 bits per heavy atom. The molecule has 1 N–H and O–H groups in total. The maximum Gasteiger partial charge on any atom is 0.295 e. The highest BCUT2D eigenvalue weighted by Gasteiger charge is 2.23. The number of anilines is 1. The largest absolute Gasteiger partial charge is 0.324 e. The minimum Gasteiger partial charge on any atom is -0.324 e. The monoisotopic (exact) mass is 435 g/mol. The van der Waals surface area contributed by atoms with Crippen LogP contribution < -0.4 is 10.9 Å². The minimum atomic E-state index is -0.837. The predicted octanol–water partition coefficient (Wildman–Crippen LogP) is 4.36. The summed E-state index contributed by atoms with van der Waals surface area (Å²) in [6, 6.07) is 14.0. The van der Waals surface area contributed by atoms with Gasteiger partial charge in [0.05, 0.1) is 22.5 Å². The summed E-state index contributed by atoms with van der Waals surface area (Å²) < 4.78 is 2.92. The van der Waals surface area contributed by atoms with Gasteiger partial charge in [0.25, 0.3) is 5.56 Å². The van der Waals surface area contributed by atoms with Gasteiger partial charge < -0.3 is 5.32 Å². The van der Waals surface area contributed by atoms with Crippen molar-refractivity contribution >= 4 is 34.1 Å². The second kappa shape index (κ2) is 8.00. The van der Waals surface area contributed by atoms with Crippen molar-refractivity contribution in [1.29, 1.82) is 0 Å². The van der Waals surface area contributed by atoms with Crippen molar-refractivity contribution in [1.82, 2.24) is 19.6 Å². The first-order chi connectivity index (χ1) is 14.8. The maximum absolute atomic E-state index is 13.2. The molecule has 0 aliphatic rings. The Hall–Kier alpha value is -3.45. The van der Waals surface area contributed by atoms with Crippen LogP contribution in [0.4, 0.5) is 5.69 Å². The highest BCUT2D eigenvalue weighted by Crippen LogP contribution is 2.24. The highest BCUT2D eigenvalue weighted by molar-refractivity contribution is 6.31. The molecule has 0 bridgehead atoms. The van der Waals surface area contributed by atoms with E-state index in [4.69, 9.17) is 11.6 Å². The molecule has 0 aliphatic heterocycles. The fourth-order valence-electron chi connectivity index (χ4n) is 3.62. The van der Waals surface area contributed by atoms with Crippen molar-refractivity contribution in [2.75, 3.05) is 5.32 Å². The molecule has 0 saturated carbocycles. The lowest BCUT2D eigenvalue weighted by Gasteiger charge is -2.16. The molecule has 1 amide bonds. The van der Waals surface area contributed by atoms with Crippen molar-refractivity contribution in [2.45, 2.75) is 33.7 Å². The second-order valence-electron chi connectivity index (χ2n) is 7.47. The molecule has 4 rings (SSSR count). The standard InChI is InChI=1S/C23H22ClN5O2/c1-13-18(24)11-8-12-19(13)25-22(30)16(4)29-23(31)21-20(14(2)26-29)15(3)28(27-21)17-9-6-5-7-10-17/h5-12,16H,1-4H3,(H,25,30)/t16-/m0/s1. The Morgan fingerprint density at radius 1 is 1.03 bits per heavy atom. The number of aromatic nitrogens is 4. The number of hydrogen-bond acceptors (Lipinski definition) is 4. The van der Waals surface area contributed by atoms with Crippen LogP contribution in [0.1, 0.15) is 29.9 Å². The molecule has 0 radical (unpaired) electrons. The van der Waals surface area contributed by atoms with Gasteiger partial charge in [-0.3, -0.25) is 9.59 Å². The van der Waals surface area contributed by atoms with E-state index in [-0.39, 0.29) is 11.4 Å². The van der Waals surface area contributed by atoms with E-state index >= 15 is 0 Å². The lowest BCUT2D eigenvalue weighted by atomic mass is 10.2. The molecule has 0 fully saturated rings. The van der Waals surface area contributed by atoms with Gasteiger partial charge in [-0.15, -0.1) is 0 Å². The summed E-state index contributed by atoms with van der Waals surface area (Å²) >= 11 is 6.14. The minimum absolute atomic E-state index is 0.285. The molecule has 0 saturated heterocycles. The summed E-state index contributed by atoms with van der Waals surface area (Å²) in [4.78, 5) is 26.1. The quantitative estimate of drug-likeness (QED) is 0.516. The van der Waals surface area contributed by atoms with Gasteiger partial charge in [0.15, 0.2) is 5.52 Å². The summed E-state index contributed by atoms with van der Waals surface area (Å²) in [5, 5.41) is 13.1. The zero-order valence-corrected chi connectivity index (χ0v) is 18.4. The Balaban J connectivity index is 1.76. The first kappa shape index (κ1) is 20.8. The van der Waals surface area contributed by atoms with Gasteiger partial charge in [-0.2, -0.15) is 10.2 Å². The Kier molecular flexibility index (Phi) is 5.37. The number of carbonyl (C=O) groups is 1. The number of fused-ring (bicyclic) bond motifs is 1. The molecule has 158 valence electrons. The third-order valence-corrected chi connectivity index (χ3v) is 5.83. The first-order valence-electron chi connectivity index (χ1n) is 9.89. The summed E-state index contributed by atoms with van der Waals surface area (Å²) in [7, 11) is 0. The van der Waals surface area contributed by atoms with Crippen LogP contribution >= 0.6 is 11.6 Å². The number of halogens is 1. The van der Waals surface area contributed by atoms with Gasteiger partial charge >= 0.3 is 0 Å². The van der Waals surface area contributed by atoms with E-state index < -0.39 is 11.6 Å². The van der Waals surface area contributed by atoms with E-state index in [1.165, 1.54) is 4.68 Å². The molecule has 7 nitrogen and oxygen atoms in total. The average molecular weight is 436 g/mol. The van der Waals surface area contributed by atoms with Crippen LogP contribution in [0.2, 0.25) is 5.02 Å². The van der Waals surface area contributed by atoms with Crippen LogP contribution in [0.5, 0.6) is 0 Å². The molecule has 8 heteroatoms. The maximum atomic E-state index is 13.2. The van der Waals surface area contributed by atoms with Crippen LogP contribution in [0.25, 0.3) is 16.6 Å². The molecule has 1 atom stereocenters. The molecular weight excluding hydrogens is 414 g/mol. The van der Waals surface area contributed by atoms with Gasteiger partial charge in [-0.25, -0.2) is 9.36 Å². The molecule has 2 heterocycles. The molecule has 0 aliphatic carbocycles. The van der Waals surface area contributed by atoms with Crippen LogP contribution in [-0.2, 0) is 4.79 Å². The number of aryl methyl sites for hydroxylation is 2. The number of carbonyl (C=O) groups excluding carboxylic acids is 1. The van der Waals surface area contributed by atoms with E-state index in [9.17, 15) is 9.59 Å². The van der Waals surface area contributed by atoms with Crippen LogP contribution in [0.15, 0.2) is 53.3 Å². The van der Waals surface area contributed by atoms with E-state index in [0.717, 1.165) is 16.9 Å². The lowest BCUT2D eigenvalue weighted by Crippen LogP contribution is -2.34. The van der Waals surface area contributed by atoms with Crippen LogP contribution in [-0.4, -0.2) is 25.5 Å². The van der Waals surface area contributed by atoms with Gasteiger partial charge in [0.2, 0.25) is 5.91 Å². The number of nitrogens with zero attached hydrogens (tertiary/aromatic N) is 4. The number of hydrogen-bond donors (Lipinski definition) is 1. The van der Waals surface area contributed by atoms with E-state index in [1.807, 2.05) is 51.1 Å². The highest BCUT2D eigenvalue weighted by atomic mass is 35.5. The van der Waals surface area contributed by atoms with Crippen molar-refractivity contribution in [3.63, 3.8) is 0 Å². The number of benzene rings is 2. The van der Waals surface area contributed by atoms with E-state index in [1.54, 1.807) is 29.8 Å². The van der Waals surface area contributed by atoms with Crippen LogP contribution in [0.3, 0.4) is 0 Å². The summed E-state index contributed by atoms with van der Waals surface area (Å²) in [6.07, 6.45) is 0. The predicted molar refractivity (Wildman–Crippen MR) is 122 cm³/mol. The zero-order valence-electron chi connectivity index (χ0n) is 17.7. The van der Waals surface area contributed by atoms with Gasteiger partial charge in [-0.1, -0.05) is 35.9 Å². The van der Waals surface area contributed by atoms with Crippen molar-refractivity contribution in [3.05, 3.63) is 80.9 Å². The number of para-hydroxylation sites is 1. The molecular formula is C23H22ClN5O2. The molecule has 2 aromatic heterocycles. The summed E-state index contributed by atoms with van der Waals surface area (Å²) in [5.41, 5.74) is 3.53. The Labute approximate surface area is 184 Å². The van der Waals surface area contributed by atoms with Crippen molar-refractivity contribution < 1.29 is 4.79 Å². The Bertz CT molecular complexity index is 1360. The third-order valence-electron chi connectivity index (χ3n) is 5.42. The van der Waals surface area contributed by atoms with Gasteiger partial charge in [0.1, 0.15) is 6.04 Å². The van der Waals surface area contributed by atoms with Gasteiger partial charge in [-0.05, 0) is 57.5 Å². The number of rotatable bonds is 4. The van der Waals surface area contributed by atoms with E-state index in [2.05, 4.69) is 15.5 Å². The summed E-state index contributed by atoms with van der Waals surface area (Å²) in [6.45, 7) is 7.17. The Morgan fingerprint density at radius 3 is 2.45 bits per heavy atom. The van der Waals surface area contributed by atoms with Gasteiger partial charge in [0, 0.05) is 10.7 Å². The third kappa shape index (κ3) is 3.61. The van der Waals surface area contributed by atoms with Crippen LogP contribution in [0, 0.1) is 20.8 Å². The second-order valence-corrected chi connectivity index (χ2v) is 7.88. The lowest BCUT2D eigenvalue weighted by molar-refractivity contribution is -0.119. The first-order valence-corrected chi connectivity index (χ1v) is 10.3. The normalized spacial score (nSPS) is 12.2. The number of nitrogens with one attached hydrogen (secondary N) is 1. The van der Waals surface area contributed by atoms with E-state index in [0.29, 0.717) is 21.8 Å². The topological polar surface area (TPSA) is 81.8 Å². The average Bonchev–Trinajstić information content (AvgIpc) is 3.12. The number of amides is 1. The summed E-state index contributed by atoms with van der Waals surface area (Å²) in [5.74, 6) is -0.363. The molecule has 0 unspecified atom stereocenters. The molecule has 0 spiro atoms. The molecule has 4 aromatic rings. The fourth-order valence-corrected chi connectivity index (χ4v) is 3.80. The SMILES string of the molecule is Cc1c(Cl)cccc1NC(=O)[C@H](C)n1nc(C)c2c(C)n(-c3ccccc3)nc2c1=O. The fraction of sp³-hybridized carbons (Fsp3) is 0.217. The molecule has 31 heavy (non-hydrogen) atoms. The molecule has 2 aromatic carbocycles.